The number of carbonyl (C=O) groups excluding carboxylic acids is 2. The summed E-state index contributed by atoms with van der Waals surface area (Å²) in [6.07, 6.45) is 0. The van der Waals surface area contributed by atoms with Crippen molar-refractivity contribution in [3.8, 4) is 11.5 Å². The van der Waals surface area contributed by atoms with Gasteiger partial charge in [-0.05, 0) is 53.9 Å². The zero-order chi connectivity index (χ0) is 22.9. The Morgan fingerprint density at radius 2 is 1.56 bits per heavy atom. The van der Waals surface area contributed by atoms with Crippen molar-refractivity contribution in [2.24, 2.45) is 5.92 Å². The van der Waals surface area contributed by atoms with E-state index in [-0.39, 0.29) is 0 Å². The molecule has 6 nitrogen and oxygen atoms in total. The summed E-state index contributed by atoms with van der Waals surface area (Å²) >= 11 is 3.36. The van der Waals surface area contributed by atoms with Gasteiger partial charge in [0.05, 0.1) is 12.2 Å². The summed E-state index contributed by atoms with van der Waals surface area (Å²) in [5.74, 6) is 0.506. The second kappa shape index (κ2) is 11.3. The Labute approximate surface area is 196 Å². The van der Waals surface area contributed by atoms with Crippen LogP contribution in [0.15, 0.2) is 77.3 Å². The molecule has 32 heavy (non-hydrogen) atoms. The quantitative estimate of drug-likeness (QED) is 0.423. The topological polar surface area (TPSA) is 76.7 Å². The van der Waals surface area contributed by atoms with Gasteiger partial charge in [-0.15, -0.1) is 0 Å². The molecule has 2 amide bonds. The Bertz CT molecular complexity index is 1050. The first-order chi connectivity index (χ1) is 15.4. The van der Waals surface area contributed by atoms with E-state index in [1.165, 1.54) is 0 Å². The van der Waals surface area contributed by atoms with Crippen LogP contribution in [0, 0.1) is 5.92 Å². The van der Waals surface area contributed by atoms with Crippen LogP contribution < -0.4 is 20.3 Å². The molecule has 0 saturated carbocycles. The normalized spacial score (nSPS) is 10.5. The third-order valence-electron chi connectivity index (χ3n) is 4.41. The number of benzene rings is 3. The molecule has 3 rings (SSSR count). The third-order valence-corrected chi connectivity index (χ3v) is 4.91. The van der Waals surface area contributed by atoms with E-state index in [0.717, 1.165) is 10.0 Å². The van der Waals surface area contributed by atoms with Gasteiger partial charge < -0.3 is 9.47 Å². The number of rotatable bonds is 8. The highest BCUT2D eigenvalue weighted by molar-refractivity contribution is 9.10. The monoisotopic (exact) mass is 496 g/mol. The second-order valence-electron chi connectivity index (χ2n) is 7.55. The average molecular weight is 497 g/mol. The number of hydrogen-bond acceptors (Lipinski definition) is 4. The number of hydrazine groups is 1. The van der Waals surface area contributed by atoms with Crippen molar-refractivity contribution in [1.82, 2.24) is 10.9 Å². The van der Waals surface area contributed by atoms with E-state index in [4.69, 9.17) is 9.47 Å². The minimum atomic E-state index is -0.471. The lowest BCUT2D eigenvalue weighted by atomic mass is 10.2. The van der Waals surface area contributed by atoms with E-state index >= 15 is 0 Å². The maximum atomic E-state index is 12.6. The molecule has 0 atom stereocenters. The second-order valence-corrected chi connectivity index (χ2v) is 8.47. The first-order valence-electron chi connectivity index (χ1n) is 10.2. The van der Waals surface area contributed by atoms with Gasteiger partial charge in [0.15, 0.2) is 0 Å². The zero-order valence-electron chi connectivity index (χ0n) is 17.9. The SMILES string of the molecule is CC(C)COc1ccc(Br)cc1C(=O)NNC(=O)c1ccc(OCc2ccccc2)cc1. The number of amides is 2. The fraction of sp³-hybridized carbons (Fsp3) is 0.200. The van der Waals surface area contributed by atoms with Crippen molar-refractivity contribution in [3.63, 3.8) is 0 Å². The summed E-state index contributed by atoms with van der Waals surface area (Å²) in [5.41, 5.74) is 6.65. The first kappa shape index (κ1) is 23.3. The fourth-order valence-corrected chi connectivity index (χ4v) is 3.12. The van der Waals surface area contributed by atoms with Gasteiger partial charge in [0.25, 0.3) is 11.8 Å². The van der Waals surface area contributed by atoms with Crippen LogP contribution in [0.4, 0.5) is 0 Å². The molecule has 0 radical (unpaired) electrons. The number of carbonyl (C=O) groups is 2. The minimum absolute atomic E-state index is 0.314. The lowest BCUT2D eigenvalue weighted by molar-refractivity contribution is 0.0844. The van der Waals surface area contributed by atoms with E-state index in [2.05, 4.69) is 26.8 Å². The fourth-order valence-electron chi connectivity index (χ4n) is 2.76. The average Bonchev–Trinajstić information content (AvgIpc) is 2.81. The lowest BCUT2D eigenvalue weighted by Crippen LogP contribution is -2.41. The van der Waals surface area contributed by atoms with Gasteiger partial charge >= 0.3 is 0 Å². The van der Waals surface area contributed by atoms with Gasteiger partial charge in [-0.2, -0.15) is 0 Å². The molecular formula is C25H25BrN2O4. The van der Waals surface area contributed by atoms with Crippen LogP contribution in [0.3, 0.4) is 0 Å². The van der Waals surface area contributed by atoms with Gasteiger partial charge in [-0.3, -0.25) is 20.4 Å². The molecule has 0 aliphatic rings. The summed E-state index contributed by atoms with van der Waals surface area (Å²) < 4.78 is 12.2. The highest BCUT2D eigenvalue weighted by Crippen LogP contribution is 2.23. The molecule has 166 valence electrons. The molecule has 0 fully saturated rings. The molecule has 0 aliphatic carbocycles. The third kappa shape index (κ3) is 6.85. The molecule has 0 bridgehead atoms. The van der Waals surface area contributed by atoms with E-state index in [1.807, 2.05) is 44.2 Å². The van der Waals surface area contributed by atoms with E-state index in [1.54, 1.807) is 42.5 Å². The molecule has 0 aromatic heterocycles. The van der Waals surface area contributed by atoms with Crippen LogP contribution in [0.25, 0.3) is 0 Å². The van der Waals surface area contributed by atoms with Crippen molar-refractivity contribution in [2.75, 3.05) is 6.61 Å². The van der Waals surface area contributed by atoms with Crippen LogP contribution in [0.5, 0.6) is 11.5 Å². The summed E-state index contributed by atoms with van der Waals surface area (Å²) in [7, 11) is 0. The molecular weight excluding hydrogens is 472 g/mol. The number of nitrogens with one attached hydrogen (secondary N) is 2. The molecule has 0 heterocycles. The Kier molecular flexibility index (Phi) is 8.27. The Hall–Kier alpha value is -3.32. The van der Waals surface area contributed by atoms with Gasteiger partial charge in [0.1, 0.15) is 18.1 Å². The van der Waals surface area contributed by atoms with Gasteiger partial charge in [0.2, 0.25) is 0 Å². The van der Waals surface area contributed by atoms with E-state index in [9.17, 15) is 9.59 Å². The van der Waals surface area contributed by atoms with Crippen molar-refractivity contribution < 1.29 is 19.1 Å². The van der Waals surface area contributed by atoms with Crippen LogP contribution in [-0.4, -0.2) is 18.4 Å². The highest BCUT2D eigenvalue weighted by atomic mass is 79.9. The number of hydrogen-bond donors (Lipinski definition) is 2. The van der Waals surface area contributed by atoms with Crippen molar-refractivity contribution in [1.29, 1.82) is 0 Å². The largest absolute Gasteiger partial charge is 0.492 e. The predicted octanol–water partition coefficient (Wildman–Crippen LogP) is 5.14. The standard InChI is InChI=1S/C25H25BrN2O4/c1-17(2)15-32-23-13-10-20(26)14-22(23)25(30)28-27-24(29)19-8-11-21(12-9-19)31-16-18-6-4-3-5-7-18/h3-14,17H,15-16H2,1-2H3,(H,27,29)(H,28,30). The Morgan fingerprint density at radius 1 is 0.875 bits per heavy atom. The van der Waals surface area contributed by atoms with Crippen LogP contribution in [0.2, 0.25) is 0 Å². The van der Waals surface area contributed by atoms with Gasteiger partial charge in [0, 0.05) is 10.0 Å². The van der Waals surface area contributed by atoms with Crippen molar-refractivity contribution >= 4 is 27.7 Å². The number of ether oxygens (including phenoxy) is 2. The predicted molar refractivity (Wildman–Crippen MR) is 127 cm³/mol. The number of halogens is 1. The smallest absolute Gasteiger partial charge is 0.273 e. The summed E-state index contributed by atoms with van der Waals surface area (Å²) in [4.78, 5) is 25.1. The maximum absolute atomic E-state index is 12.6. The Morgan fingerprint density at radius 3 is 2.25 bits per heavy atom. The van der Waals surface area contributed by atoms with E-state index < -0.39 is 11.8 Å². The first-order valence-corrected chi connectivity index (χ1v) is 11.0. The molecule has 0 spiro atoms. The summed E-state index contributed by atoms with van der Waals surface area (Å²) in [5, 5.41) is 0. The van der Waals surface area contributed by atoms with Crippen LogP contribution >= 0.6 is 15.9 Å². The molecule has 3 aromatic carbocycles. The van der Waals surface area contributed by atoms with E-state index in [0.29, 0.717) is 41.8 Å². The lowest BCUT2D eigenvalue weighted by Gasteiger charge is -2.14. The molecule has 0 saturated heterocycles. The van der Waals surface area contributed by atoms with Gasteiger partial charge in [-0.1, -0.05) is 60.1 Å². The molecule has 7 heteroatoms. The molecule has 2 N–H and O–H groups in total. The molecule has 3 aromatic rings. The summed E-state index contributed by atoms with van der Waals surface area (Å²) in [6.45, 7) is 4.97. The Balaban J connectivity index is 1.56. The zero-order valence-corrected chi connectivity index (χ0v) is 19.5. The van der Waals surface area contributed by atoms with Crippen molar-refractivity contribution in [2.45, 2.75) is 20.5 Å². The van der Waals surface area contributed by atoms with Crippen LogP contribution in [-0.2, 0) is 6.61 Å². The van der Waals surface area contributed by atoms with Crippen LogP contribution in [0.1, 0.15) is 40.1 Å². The minimum Gasteiger partial charge on any atom is -0.492 e. The maximum Gasteiger partial charge on any atom is 0.273 e. The van der Waals surface area contributed by atoms with Gasteiger partial charge in [-0.25, -0.2) is 0 Å². The highest BCUT2D eigenvalue weighted by Gasteiger charge is 2.15. The molecule has 0 unspecified atom stereocenters. The molecule has 0 aliphatic heterocycles. The summed E-state index contributed by atoms with van der Waals surface area (Å²) in [6, 6.07) is 21.7. The van der Waals surface area contributed by atoms with Crippen molar-refractivity contribution in [3.05, 3.63) is 94.0 Å².